The standard InChI is InChI=1S/C9H12N4O4/c10-7(12-17)9(1-2-9)8(16)13-3-5(14)11-6(15)4-13/h17H,1-4H2,(H2,10,12)(H,11,14,15). The lowest BCUT2D eigenvalue weighted by atomic mass is 10.0. The predicted molar refractivity (Wildman–Crippen MR) is 54.8 cm³/mol. The highest BCUT2D eigenvalue weighted by molar-refractivity contribution is 6.12. The molecule has 0 unspecified atom stereocenters. The van der Waals surface area contributed by atoms with Crippen LogP contribution in [0.1, 0.15) is 12.8 Å². The number of nitrogens with two attached hydrogens (primary N) is 1. The topological polar surface area (TPSA) is 125 Å². The van der Waals surface area contributed by atoms with Gasteiger partial charge in [-0.1, -0.05) is 5.16 Å². The Balaban J connectivity index is 2.15. The second-order valence-electron chi connectivity index (χ2n) is 4.20. The lowest BCUT2D eigenvalue weighted by Gasteiger charge is -2.28. The number of hydrogen-bond acceptors (Lipinski definition) is 5. The van der Waals surface area contributed by atoms with E-state index >= 15 is 0 Å². The molecule has 2 fully saturated rings. The van der Waals surface area contributed by atoms with Crippen molar-refractivity contribution in [2.45, 2.75) is 12.8 Å². The van der Waals surface area contributed by atoms with Crippen molar-refractivity contribution in [3.63, 3.8) is 0 Å². The van der Waals surface area contributed by atoms with Crippen LogP contribution in [-0.2, 0) is 14.4 Å². The van der Waals surface area contributed by atoms with Gasteiger partial charge in [0.05, 0.1) is 0 Å². The number of piperazine rings is 1. The fraction of sp³-hybridized carbons (Fsp3) is 0.556. The first-order valence-electron chi connectivity index (χ1n) is 5.09. The second kappa shape index (κ2) is 3.72. The highest BCUT2D eigenvalue weighted by Gasteiger charge is 2.56. The summed E-state index contributed by atoms with van der Waals surface area (Å²) in [7, 11) is 0. The molecule has 1 saturated carbocycles. The SMILES string of the molecule is NC(=NO)C1(C(=O)N2CC(=O)NC(=O)C2)CC1. The molecule has 0 aromatic carbocycles. The Morgan fingerprint density at radius 1 is 1.35 bits per heavy atom. The van der Waals surface area contributed by atoms with E-state index in [9.17, 15) is 14.4 Å². The van der Waals surface area contributed by atoms with Crippen molar-refractivity contribution in [1.29, 1.82) is 0 Å². The highest BCUT2D eigenvalue weighted by Crippen LogP contribution is 2.47. The third kappa shape index (κ3) is 1.81. The molecule has 2 rings (SSSR count). The average Bonchev–Trinajstić information content (AvgIpc) is 3.07. The molecule has 1 heterocycles. The van der Waals surface area contributed by atoms with Crippen LogP contribution in [0.25, 0.3) is 0 Å². The molecule has 0 spiro atoms. The summed E-state index contributed by atoms with van der Waals surface area (Å²) in [6.45, 7) is -0.351. The molecule has 8 nitrogen and oxygen atoms in total. The van der Waals surface area contributed by atoms with Crippen molar-refractivity contribution in [1.82, 2.24) is 10.2 Å². The number of carbonyl (C=O) groups excluding carboxylic acids is 3. The Morgan fingerprint density at radius 2 is 1.88 bits per heavy atom. The van der Waals surface area contributed by atoms with Crippen molar-refractivity contribution in [3.8, 4) is 0 Å². The highest BCUT2D eigenvalue weighted by atomic mass is 16.4. The van der Waals surface area contributed by atoms with E-state index in [1.165, 1.54) is 0 Å². The molecule has 0 aromatic heterocycles. The molecule has 1 aliphatic carbocycles. The summed E-state index contributed by atoms with van der Waals surface area (Å²) in [6.07, 6.45) is 0.933. The Labute approximate surface area is 96.4 Å². The number of rotatable bonds is 2. The number of imide groups is 1. The maximum Gasteiger partial charge on any atom is 0.246 e. The maximum atomic E-state index is 12.1. The molecular weight excluding hydrogens is 228 g/mol. The summed E-state index contributed by atoms with van der Waals surface area (Å²) in [5.74, 6) is -1.65. The molecule has 17 heavy (non-hydrogen) atoms. The van der Waals surface area contributed by atoms with Gasteiger partial charge in [-0.15, -0.1) is 0 Å². The van der Waals surface area contributed by atoms with E-state index in [0.29, 0.717) is 12.8 Å². The van der Waals surface area contributed by atoms with Gasteiger partial charge in [-0.25, -0.2) is 0 Å². The molecule has 8 heteroatoms. The quantitative estimate of drug-likeness (QED) is 0.169. The van der Waals surface area contributed by atoms with Gasteiger partial charge in [0.25, 0.3) is 0 Å². The van der Waals surface area contributed by atoms with Crippen molar-refractivity contribution in [2.75, 3.05) is 13.1 Å². The first-order chi connectivity index (χ1) is 7.99. The molecule has 2 aliphatic rings. The summed E-state index contributed by atoms with van der Waals surface area (Å²) in [4.78, 5) is 35.5. The van der Waals surface area contributed by atoms with Gasteiger partial charge >= 0.3 is 0 Å². The second-order valence-corrected chi connectivity index (χ2v) is 4.20. The zero-order valence-corrected chi connectivity index (χ0v) is 8.97. The smallest absolute Gasteiger partial charge is 0.246 e. The van der Waals surface area contributed by atoms with Crippen LogP contribution in [0.3, 0.4) is 0 Å². The first kappa shape index (κ1) is 11.4. The number of oxime groups is 1. The van der Waals surface area contributed by atoms with E-state index in [1.807, 2.05) is 0 Å². The fourth-order valence-corrected chi connectivity index (χ4v) is 1.88. The zero-order chi connectivity index (χ0) is 12.6. The number of amides is 3. The van der Waals surface area contributed by atoms with Crippen LogP contribution in [0.2, 0.25) is 0 Å². The molecule has 1 aliphatic heterocycles. The van der Waals surface area contributed by atoms with Gasteiger partial charge < -0.3 is 15.8 Å². The lowest BCUT2D eigenvalue weighted by Crippen LogP contribution is -2.56. The van der Waals surface area contributed by atoms with Crippen LogP contribution in [0.5, 0.6) is 0 Å². The molecule has 92 valence electrons. The normalized spacial score (nSPS) is 23.3. The largest absolute Gasteiger partial charge is 0.409 e. The molecule has 4 N–H and O–H groups in total. The van der Waals surface area contributed by atoms with Gasteiger partial charge in [0.15, 0.2) is 5.84 Å². The molecule has 3 amide bonds. The molecular formula is C9H12N4O4. The van der Waals surface area contributed by atoms with Crippen molar-refractivity contribution >= 4 is 23.6 Å². The number of hydrogen-bond donors (Lipinski definition) is 3. The van der Waals surface area contributed by atoms with E-state index in [4.69, 9.17) is 10.9 Å². The third-order valence-corrected chi connectivity index (χ3v) is 2.99. The van der Waals surface area contributed by atoms with Crippen LogP contribution in [0.4, 0.5) is 0 Å². The van der Waals surface area contributed by atoms with Crippen LogP contribution in [0, 0.1) is 5.41 Å². The molecule has 0 atom stereocenters. The monoisotopic (exact) mass is 240 g/mol. The van der Waals surface area contributed by atoms with Crippen LogP contribution in [0.15, 0.2) is 5.16 Å². The number of carbonyl (C=O) groups is 3. The van der Waals surface area contributed by atoms with E-state index < -0.39 is 23.1 Å². The molecule has 0 aromatic rings. The summed E-state index contributed by atoms with van der Waals surface area (Å²) in [5, 5.41) is 13.5. The van der Waals surface area contributed by atoms with E-state index in [-0.39, 0.29) is 18.9 Å². The Morgan fingerprint density at radius 3 is 2.29 bits per heavy atom. The van der Waals surface area contributed by atoms with Crippen molar-refractivity contribution < 1.29 is 19.6 Å². The molecule has 1 saturated heterocycles. The molecule has 0 radical (unpaired) electrons. The van der Waals surface area contributed by atoms with Crippen LogP contribution in [-0.4, -0.2) is 46.8 Å². The Hall–Kier alpha value is -2.12. The van der Waals surface area contributed by atoms with Gasteiger partial charge in [-0.05, 0) is 12.8 Å². The minimum absolute atomic E-state index is 0.166. The minimum atomic E-state index is -1.02. The summed E-state index contributed by atoms with van der Waals surface area (Å²) >= 11 is 0. The van der Waals surface area contributed by atoms with Crippen LogP contribution < -0.4 is 11.1 Å². The van der Waals surface area contributed by atoms with E-state index in [1.54, 1.807) is 0 Å². The molecule has 0 bridgehead atoms. The van der Waals surface area contributed by atoms with Gasteiger partial charge in [0.2, 0.25) is 17.7 Å². The maximum absolute atomic E-state index is 12.1. The number of nitrogens with zero attached hydrogens (tertiary/aromatic N) is 2. The summed E-state index contributed by atoms with van der Waals surface area (Å²) in [5.41, 5.74) is 4.44. The zero-order valence-electron chi connectivity index (χ0n) is 8.97. The Bertz CT molecular complexity index is 411. The number of nitrogens with one attached hydrogen (secondary N) is 1. The van der Waals surface area contributed by atoms with Crippen molar-refractivity contribution in [3.05, 3.63) is 0 Å². The fourth-order valence-electron chi connectivity index (χ4n) is 1.88. The number of amidine groups is 1. The van der Waals surface area contributed by atoms with E-state index in [2.05, 4.69) is 10.5 Å². The predicted octanol–water partition coefficient (Wildman–Crippen LogP) is -2.00. The van der Waals surface area contributed by atoms with E-state index in [0.717, 1.165) is 4.90 Å². The van der Waals surface area contributed by atoms with Gasteiger partial charge in [0.1, 0.15) is 18.5 Å². The van der Waals surface area contributed by atoms with Crippen LogP contribution >= 0.6 is 0 Å². The van der Waals surface area contributed by atoms with Crippen molar-refractivity contribution in [2.24, 2.45) is 16.3 Å². The lowest BCUT2D eigenvalue weighted by molar-refractivity contribution is -0.147. The van der Waals surface area contributed by atoms with Gasteiger partial charge in [-0.3, -0.25) is 19.7 Å². The average molecular weight is 240 g/mol. The first-order valence-corrected chi connectivity index (χ1v) is 5.09. The summed E-state index contributed by atoms with van der Waals surface area (Å²) < 4.78 is 0. The Kier molecular flexibility index (Phi) is 2.49. The van der Waals surface area contributed by atoms with Gasteiger partial charge in [-0.2, -0.15) is 0 Å². The third-order valence-electron chi connectivity index (χ3n) is 2.99. The van der Waals surface area contributed by atoms with Gasteiger partial charge in [0, 0.05) is 0 Å². The summed E-state index contributed by atoms with van der Waals surface area (Å²) in [6, 6.07) is 0. The minimum Gasteiger partial charge on any atom is -0.409 e.